The van der Waals surface area contributed by atoms with E-state index in [0.29, 0.717) is 23.9 Å². The summed E-state index contributed by atoms with van der Waals surface area (Å²) in [6.45, 7) is 4.31. The first kappa shape index (κ1) is 18.9. The molecule has 0 spiro atoms. The Balaban J connectivity index is 1.59. The highest BCUT2D eigenvalue weighted by Gasteiger charge is 2.23. The van der Waals surface area contributed by atoms with E-state index >= 15 is 0 Å². The minimum absolute atomic E-state index is 0.200. The number of nitrogens with zero attached hydrogens (tertiary/aromatic N) is 4. The Kier molecular flexibility index (Phi) is 6.05. The van der Waals surface area contributed by atoms with Crippen molar-refractivity contribution >= 4 is 11.7 Å². The zero-order valence-corrected chi connectivity index (χ0v) is 15.9. The largest absolute Gasteiger partial charge is 0.481 e. The van der Waals surface area contributed by atoms with E-state index in [2.05, 4.69) is 25.4 Å². The van der Waals surface area contributed by atoms with Gasteiger partial charge >= 0.3 is 0 Å². The topological polar surface area (TPSA) is 89.5 Å². The number of anilines is 1. The number of carbonyl (C=O) groups excluding carboxylic acids is 1. The molecule has 27 heavy (non-hydrogen) atoms. The summed E-state index contributed by atoms with van der Waals surface area (Å²) >= 11 is 0. The molecule has 3 rings (SSSR count). The second kappa shape index (κ2) is 8.66. The van der Waals surface area contributed by atoms with Crippen molar-refractivity contribution in [1.82, 2.24) is 20.5 Å². The van der Waals surface area contributed by atoms with Gasteiger partial charge in [-0.3, -0.25) is 4.79 Å². The molecule has 1 saturated heterocycles. The molecule has 0 aliphatic carbocycles. The van der Waals surface area contributed by atoms with Crippen LogP contribution in [0.2, 0.25) is 0 Å². The van der Waals surface area contributed by atoms with Crippen LogP contribution in [0.1, 0.15) is 28.9 Å². The molecule has 1 fully saturated rings. The number of ether oxygens (including phenoxy) is 2. The Morgan fingerprint density at radius 3 is 2.78 bits per heavy atom. The lowest BCUT2D eigenvalue weighted by Crippen LogP contribution is -2.41. The lowest BCUT2D eigenvalue weighted by atomic mass is 9.98. The van der Waals surface area contributed by atoms with Crippen molar-refractivity contribution < 1.29 is 14.3 Å². The number of methoxy groups -OCH3 is 2. The summed E-state index contributed by atoms with van der Waals surface area (Å²) in [5, 5.41) is 11.4. The SMILES string of the molecule is COc1ccc(C(=O)NCC2CCCN(c3ccc(C)nn3)C2)c(OC)n1. The summed E-state index contributed by atoms with van der Waals surface area (Å²) in [5.41, 5.74) is 1.30. The number of aryl methyl sites for hydroxylation is 1. The van der Waals surface area contributed by atoms with Crippen molar-refractivity contribution in [3.63, 3.8) is 0 Å². The van der Waals surface area contributed by atoms with Crippen molar-refractivity contribution in [3.05, 3.63) is 35.5 Å². The maximum Gasteiger partial charge on any atom is 0.256 e. The molecule has 3 heterocycles. The maximum atomic E-state index is 12.5. The Bertz CT molecular complexity index is 781. The van der Waals surface area contributed by atoms with Gasteiger partial charge in [-0.15, -0.1) is 5.10 Å². The molecule has 8 heteroatoms. The monoisotopic (exact) mass is 371 g/mol. The second-order valence-electron chi connectivity index (χ2n) is 6.61. The summed E-state index contributed by atoms with van der Waals surface area (Å²) in [4.78, 5) is 18.9. The van der Waals surface area contributed by atoms with Gasteiger partial charge in [0.2, 0.25) is 11.8 Å². The number of nitrogens with one attached hydrogen (secondary N) is 1. The number of pyridine rings is 1. The molecule has 1 N–H and O–H groups in total. The molecule has 2 aromatic heterocycles. The number of rotatable bonds is 6. The van der Waals surface area contributed by atoms with Crippen LogP contribution in [-0.4, -0.2) is 54.9 Å². The van der Waals surface area contributed by atoms with Crippen LogP contribution < -0.4 is 19.7 Å². The van der Waals surface area contributed by atoms with E-state index in [4.69, 9.17) is 9.47 Å². The molecule has 1 aliphatic heterocycles. The predicted octanol–water partition coefficient (Wildman–Crippen LogP) is 1.84. The molecule has 0 radical (unpaired) electrons. The quantitative estimate of drug-likeness (QED) is 0.829. The maximum absolute atomic E-state index is 12.5. The van der Waals surface area contributed by atoms with Crippen LogP contribution in [0.25, 0.3) is 0 Å². The van der Waals surface area contributed by atoms with Gasteiger partial charge < -0.3 is 19.7 Å². The molecule has 1 aliphatic rings. The standard InChI is InChI=1S/C19H25N5O3/c1-13-6-8-16(23-22-13)24-10-4-5-14(12-24)11-20-18(25)15-7-9-17(26-2)21-19(15)27-3/h6-9,14H,4-5,10-12H2,1-3H3,(H,20,25). The molecular formula is C19H25N5O3. The fourth-order valence-electron chi connectivity index (χ4n) is 3.20. The first-order chi connectivity index (χ1) is 13.1. The van der Waals surface area contributed by atoms with Gasteiger partial charge in [-0.1, -0.05) is 0 Å². The molecule has 2 aromatic rings. The lowest BCUT2D eigenvalue weighted by molar-refractivity contribution is 0.0941. The van der Waals surface area contributed by atoms with Crippen molar-refractivity contribution in [3.8, 4) is 11.8 Å². The third-order valence-electron chi connectivity index (χ3n) is 4.66. The molecule has 0 aromatic carbocycles. The van der Waals surface area contributed by atoms with E-state index in [-0.39, 0.29) is 11.8 Å². The third kappa shape index (κ3) is 4.64. The average Bonchev–Trinajstić information content (AvgIpc) is 2.72. The smallest absolute Gasteiger partial charge is 0.256 e. The van der Waals surface area contributed by atoms with Crippen LogP contribution in [0.3, 0.4) is 0 Å². The molecule has 8 nitrogen and oxygen atoms in total. The number of hydrogen-bond acceptors (Lipinski definition) is 7. The van der Waals surface area contributed by atoms with E-state index in [1.54, 1.807) is 12.1 Å². The summed E-state index contributed by atoms with van der Waals surface area (Å²) in [5.74, 6) is 1.70. The van der Waals surface area contributed by atoms with Gasteiger partial charge in [0.05, 0.1) is 19.9 Å². The van der Waals surface area contributed by atoms with Gasteiger partial charge in [-0.05, 0) is 43.9 Å². The van der Waals surface area contributed by atoms with Gasteiger partial charge in [0.15, 0.2) is 5.82 Å². The Morgan fingerprint density at radius 2 is 2.07 bits per heavy atom. The van der Waals surface area contributed by atoms with Crippen molar-refractivity contribution in [1.29, 1.82) is 0 Å². The average molecular weight is 371 g/mol. The molecule has 1 unspecified atom stereocenters. The van der Waals surface area contributed by atoms with Crippen LogP contribution in [0.4, 0.5) is 5.82 Å². The third-order valence-corrected chi connectivity index (χ3v) is 4.66. The van der Waals surface area contributed by atoms with E-state index in [0.717, 1.165) is 37.4 Å². The van der Waals surface area contributed by atoms with E-state index in [9.17, 15) is 4.79 Å². The van der Waals surface area contributed by atoms with E-state index < -0.39 is 0 Å². The van der Waals surface area contributed by atoms with Crippen LogP contribution in [0.15, 0.2) is 24.3 Å². The Hall–Kier alpha value is -2.90. The molecule has 1 amide bonds. The molecule has 0 saturated carbocycles. The highest BCUT2D eigenvalue weighted by atomic mass is 16.5. The Morgan fingerprint density at radius 1 is 1.22 bits per heavy atom. The van der Waals surface area contributed by atoms with Crippen molar-refractivity contribution in [2.75, 3.05) is 38.8 Å². The van der Waals surface area contributed by atoms with Gasteiger partial charge in [0.25, 0.3) is 5.91 Å². The van der Waals surface area contributed by atoms with Crippen LogP contribution in [0, 0.1) is 12.8 Å². The number of hydrogen-bond donors (Lipinski definition) is 1. The minimum atomic E-state index is -0.200. The zero-order chi connectivity index (χ0) is 19.2. The normalized spacial score (nSPS) is 16.7. The van der Waals surface area contributed by atoms with Crippen molar-refractivity contribution in [2.24, 2.45) is 5.92 Å². The minimum Gasteiger partial charge on any atom is -0.481 e. The predicted molar refractivity (Wildman–Crippen MR) is 101 cm³/mol. The number of aromatic nitrogens is 3. The molecule has 0 bridgehead atoms. The highest BCUT2D eigenvalue weighted by Crippen LogP contribution is 2.22. The fraction of sp³-hybridized carbons (Fsp3) is 0.474. The zero-order valence-electron chi connectivity index (χ0n) is 15.9. The lowest BCUT2D eigenvalue weighted by Gasteiger charge is -2.33. The van der Waals surface area contributed by atoms with Gasteiger partial charge in [0.1, 0.15) is 5.56 Å². The first-order valence-electron chi connectivity index (χ1n) is 9.03. The van der Waals surface area contributed by atoms with Gasteiger partial charge in [-0.2, -0.15) is 10.1 Å². The molecular weight excluding hydrogens is 346 g/mol. The number of amides is 1. The summed E-state index contributed by atoms with van der Waals surface area (Å²) in [6, 6.07) is 7.28. The number of piperidine rings is 1. The summed E-state index contributed by atoms with van der Waals surface area (Å²) in [7, 11) is 3.01. The fourth-order valence-corrected chi connectivity index (χ4v) is 3.20. The van der Waals surface area contributed by atoms with Crippen molar-refractivity contribution in [2.45, 2.75) is 19.8 Å². The highest BCUT2D eigenvalue weighted by molar-refractivity contribution is 5.96. The van der Waals surface area contributed by atoms with E-state index in [1.165, 1.54) is 14.2 Å². The number of carbonyl (C=O) groups is 1. The van der Waals surface area contributed by atoms with Crippen LogP contribution in [-0.2, 0) is 0 Å². The van der Waals surface area contributed by atoms with Gasteiger partial charge in [0, 0.05) is 25.7 Å². The summed E-state index contributed by atoms with van der Waals surface area (Å²) < 4.78 is 10.3. The Labute approximate surface area is 158 Å². The van der Waals surface area contributed by atoms with Gasteiger partial charge in [-0.25, -0.2) is 0 Å². The van der Waals surface area contributed by atoms with E-state index in [1.807, 2.05) is 19.1 Å². The summed E-state index contributed by atoms with van der Waals surface area (Å²) in [6.07, 6.45) is 2.12. The first-order valence-corrected chi connectivity index (χ1v) is 9.03. The second-order valence-corrected chi connectivity index (χ2v) is 6.61. The molecule has 1 atom stereocenters. The van der Waals surface area contributed by atoms with Crippen LogP contribution in [0.5, 0.6) is 11.8 Å². The van der Waals surface area contributed by atoms with Crippen LogP contribution >= 0.6 is 0 Å². The molecule has 144 valence electrons.